The van der Waals surface area contributed by atoms with Crippen molar-refractivity contribution in [3.8, 4) is 0 Å². The standard InChI is InChI=1S/C35H37N3O/c1-24-6-2-12-33(38-24)34-32(11-5-19-37-34)30-16-14-26-13-15-29(22-31(26)23-30)25-7-3-9-27(10-4-8-25)35(39)28-17-20-36-21-18-28/h2,5-7,9,12-16,19,22-23,28,36-37H,3-4,8,10-11,17-18,20-21H2,1H3/b25-7+,27-9-. The van der Waals surface area contributed by atoms with Crippen molar-refractivity contribution in [3.63, 3.8) is 0 Å². The first kappa shape index (κ1) is 25.5. The second kappa shape index (κ2) is 11.5. The van der Waals surface area contributed by atoms with E-state index in [0.717, 1.165) is 80.7 Å². The minimum Gasteiger partial charge on any atom is -0.360 e. The highest BCUT2D eigenvalue weighted by Crippen LogP contribution is 2.34. The summed E-state index contributed by atoms with van der Waals surface area (Å²) in [5.41, 5.74) is 9.31. The molecule has 1 aliphatic carbocycles. The van der Waals surface area contributed by atoms with Crippen molar-refractivity contribution in [1.29, 1.82) is 0 Å². The van der Waals surface area contributed by atoms with Crippen molar-refractivity contribution in [1.82, 2.24) is 15.6 Å². The SMILES string of the molecule is Cc1cccc(C2=C(c3ccc4ccc(/C5=C/C/C=C(\C(=O)C6CCNCC6)CCC5)cc4c3)CC=CN2)n1. The molecule has 0 saturated carbocycles. The lowest BCUT2D eigenvalue weighted by molar-refractivity contribution is -0.120. The van der Waals surface area contributed by atoms with Crippen molar-refractivity contribution in [2.24, 2.45) is 5.92 Å². The number of hydrogen-bond acceptors (Lipinski definition) is 4. The van der Waals surface area contributed by atoms with Gasteiger partial charge in [-0.05, 0) is 134 Å². The minimum absolute atomic E-state index is 0.210. The van der Waals surface area contributed by atoms with Crippen LogP contribution >= 0.6 is 0 Å². The second-order valence-electron chi connectivity index (χ2n) is 11.0. The molecule has 2 N–H and O–H groups in total. The quantitative estimate of drug-likeness (QED) is 0.372. The van der Waals surface area contributed by atoms with E-state index in [-0.39, 0.29) is 5.92 Å². The van der Waals surface area contributed by atoms with Gasteiger partial charge in [0.25, 0.3) is 0 Å². The van der Waals surface area contributed by atoms with Crippen LogP contribution in [0, 0.1) is 12.8 Å². The van der Waals surface area contributed by atoms with Gasteiger partial charge in [-0.2, -0.15) is 0 Å². The van der Waals surface area contributed by atoms with Crippen molar-refractivity contribution in [2.45, 2.75) is 51.9 Å². The van der Waals surface area contributed by atoms with Gasteiger partial charge in [0.05, 0.1) is 11.4 Å². The Bertz CT molecular complexity index is 1520. The first-order chi connectivity index (χ1) is 19.2. The number of hydrogen-bond donors (Lipinski definition) is 2. The van der Waals surface area contributed by atoms with Gasteiger partial charge in [-0.1, -0.05) is 48.6 Å². The molecule has 1 saturated heterocycles. The van der Waals surface area contributed by atoms with Gasteiger partial charge in [-0.3, -0.25) is 9.78 Å². The molecule has 2 aliphatic heterocycles. The van der Waals surface area contributed by atoms with Gasteiger partial charge in [0.1, 0.15) is 0 Å². The number of dihydropyridines is 1. The van der Waals surface area contributed by atoms with Gasteiger partial charge >= 0.3 is 0 Å². The maximum atomic E-state index is 13.1. The molecule has 0 spiro atoms. The predicted molar refractivity (Wildman–Crippen MR) is 162 cm³/mol. The number of carbonyl (C=O) groups excluding carboxylic acids is 1. The molecule has 1 fully saturated rings. The zero-order valence-corrected chi connectivity index (χ0v) is 22.8. The van der Waals surface area contributed by atoms with Gasteiger partial charge in [-0.15, -0.1) is 0 Å². The number of pyridine rings is 1. The van der Waals surface area contributed by atoms with Gasteiger partial charge in [0.15, 0.2) is 5.78 Å². The van der Waals surface area contributed by atoms with Crippen LogP contribution in [0.4, 0.5) is 0 Å². The van der Waals surface area contributed by atoms with E-state index in [2.05, 4.69) is 77.4 Å². The van der Waals surface area contributed by atoms with E-state index in [9.17, 15) is 4.79 Å². The smallest absolute Gasteiger partial charge is 0.161 e. The average Bonchev–Trinajstić information content (AvgIpc) is 2.97. The molecule has 0 unspecified atom stereocenters. The Balaban J connectivity index is 1.27. The molecule has 39 heavy (non-hydrogen) atoms. The first-order valence-electron chi connectivity index (χ1n) is 14.4. The maximum Gasteiger partial charge on any atom is 0.161 e. The van der Waals surface area contributed by atoms with E-state index in [4.69, 9.17) is 4.98 Å². The van der Waals surface area contributed by atoms with E-state index in [1.165, 1.54) is 33.0 Å². The zero-order chi connectivity index (χ0) is 26.6. The summed E-state index contributed by atoms with van der Waals surface area (Å²) in [7, 11) is 0. The Morgan fingerprint density at radius 1 is 0.923 bits per heavy atom. The number of aryl methyl sites for hydroxylation is 1. The second-order valence-corrected chi connectivity index (χ2v) is 11.0. The third-order valence-electron chi connectivity index (χ3n) is 8.32. The molecule has 3 aromatic rings. The van der Waals surface area contributed by atoms with Crippen LogP contribution in [0.25, 0.3) is 27.6 Å². The van der Waals surface area contributed by atoms with E-state index >= 15 is 0 Å². The zero-order valence-electron chi connectivity index (χ0n) is 22.8. The lowest BCUT2D eigenvalue weighted by Gasteiger charge is -2.23. The minimum atomic E-state index is 0.210. The molecule has 0 amide bonds. The molecule has 2 aromatic carbocycles. The summed E-state index contributed by atoms with van der Waals surface area (Å²) in [6, 6.07) is 19.8. The van der Waals surface area contributed by atoms with Crippen LogP contribution < -0.4 is 10.6 Å². The van der Waals surface area contributed by atoms with Gasteiger partial charge in [0, 0.05) is 11.6 Å². The summed E-state index contributed by atoms with van der Waals surface area (Å²) in [5, 5.41) is 9.34. The number of ketones is 1. The van der Waals surface area contributed by atoms with E-state index < -0.39 is 0 Å². The van der Waals surface area contributed by atoms with Crippen LogP contribution in [-0.4, -0.2) is 23.9 Å². The summed E-state index contributed by atoms with van der Waals surface area (Å²) in [6.07, 6.45) is 15.3. The van der Waals surface area contributed by atoms with Crippen molar-refractivity contribution >= 4 is 33.4 Å². The Morgan fingerprint density at radius 2 is 1.74 bits per heavy atom. The van der Waals surface area contributed by atoms with E-state index in [1.807, 2.05) is 19.2 Å². The Kier molecular flexibility index (Phi) is 7.55. The average molecular weight is 516 g/mol. The van der Waals surface area contributed by atoms with Crippen LogP contribution in [0.15, 0.2) is 84.6 Å². The molecular formula is C35H37N3O. The van der Waals surface area contributed by atoms with Crippen molar-refractivity contribution < 1.29 is 4.79 Å². The molecule has 0 atom stereocenters. The summed E-state index contributed by atoms with van der Waals surface area (Å²) in [6.45, 7) is 3.96. The van der Waals surface area contributed by atoms with E-state index in [0.29, 0.717) is 5.78 Å². The summed E-state index contributed by atoms with van der Waals surface area (Å²) >= 11 is 0. The summed E-state index contributed by atoms with van der Waals surface area (Å²) < 4.78 is 0. The lowest BCUT2D eigenvalue weighted by Crippen LogP contribution is -2.32. The molecule has 4 heteroatoms. The molecule has 0 bridgehead atoms. The van der Waals surface area contributed by atoms with Crippen LogP contribution in [0.2, 0.25) is 0 Å². The fourth-order valence-electron chi connectivity index (χ4n) is 6.16. The molecule has 0 radical (unpaired) electrons. The lowest BCUT2D eigenvalue weighted by atomic mass is 9.85. The molecular weight excluding hydrogens is 478 g/mol. The number of nitrogens with one attached hydrogen (secondary N) is 2. The molecule has 3 aliphatic rings. The summed E-state index contributed by atoms with van der Waals surface area (Å²) in [5.74, 6) is 0.607. The van der Waals surface area contributed by atoms with Crippen LogP contribution in [-0.2, 0) is 4.79 Å². The van der Waals surface area contributed by atoms with Gasteiger partial charge in [0.2, 0.25) is 0 Å². The number of piperidine rings is 1. The highest BCUT2D eigenvalue weighted by atomic mass is 16.1. The number of carbonyl (C=O) groups is 1. The molecule has 4 nitrogen and oxygen atoms in total. The Labute approximate surface area is 231 Å². The Hall–Kier alpha value is -3.76. The Morgan fingerprint density at radius 3 is 2.59 bits per heavy atom. The number of benzene rings is 2. The van der Waals surface area contributed by atoms with Gasteiger partial charge < -0.3 is 10.6 Å². The number of allylic oxidation sites excluding steroid dienone is 6. The third kappa shape index (κ3) is 5.67. The third-order valence-corrected chi connectivity index (χ3v) is 8.32. The van der Waals surface area contributed by atoms with Crippen molar-refractivity contribution in [2.75, 3.05) is 13.1 Å². The van der Waals surface area contributed by atoms with Crippen LogP contribution in [0.1, 0.15) is 67.5 Å². The fraction of sp³-hybridized carbons (Fsp3) is 0.314. The summed E-state index contributed by atoms with van der Waals surface area (Å²) in [4.78, 5) is 17.9. The normalized spacial score (nSPS) is 21.4. The van der Waals surface area contributed by atoms with Gasteiger partial charge in [-0.25, -0.2) is 0 Å². The molecule has 6 rings (SSSR count). The number of aromatic nitrogens is 1. The molecule has 1 aromatic heterocycles. The van der Waals surface area contributed by atoms with Crippen LogP contribution in [0.3, 0.4) is 0 Å². The fourth-order valence-corrected chi connectivity index (χ4v) is 6.16. The predicted octanol–water partition coefficient (Wildman–Crippen LogP) is 7.37. The molecule has 198 valence electrons. The number of fused-ring (bicyclic) bond motifs is 1. The van der Waals surface area contributed by atoms with Crippen molar-refractivity contribution in [3.05, 3.63) is 107 Å². The maximum absolute atomic E-state index is 13.1. The number of rotatable bonds is 5. The number of nitrogens with zero attached hydrogens (tertiary/aromatic N) is 1. The largest absolute Gasteiger partial charge is 0.360 e. The number of Topliss-reactive ketones (excluding diaryl/α,β-unsaturated/α-hetero) is 1. The van der Waals surface area contributed by atoms with Crippen LogP contribution in [0.5, 0.6) is 0 Å². The highest BCUT2D eigenvalue weighted by Gasteiger charge is 2.24. The first-order valence-corrected chi connectivity index (χ1v) is 14.4. The highest BCUT2D eigenvalue weighted by molar-refractivity contribution is 5.97. The topological polar surface area (TPSA) is 54.0 Å². The molecule has 3 heterocycles. The monoisotopic (exact) mass is 515 g/mol. The van der Waals surface area contributed by atoms with E-state index in [1.54, 1.807) is 0 Å².